The minimum atomic E-state index is -1.10. The van der Waals surface area contributed by atoms with Crippen LogP contribution in [-0.2, 0) is 13.2 Å². The highest BCUT2D eigenvalue weighted by molar-refractivity contribution is 6.31. The number of ether oxygens (including phenoxy) is 2. The molecule has 0 saturated heterocycles. The molecule has 1 aromatic heterocycles. The minimum absolute atomic E-state index is 0.0325. The van der Waals surface area contributed by atoms with Crippen molar-refractivity contribution in [3.05, 3.63) is 88.0 Å². The molecule has 0 aliphatic rings. The Kier molecular flexibility index (Phi) is 5.77. The van der Waals surface area contributed by atoms with E-state index >= 15 is 0 Å². The molecule has 4 aromatic rings. The second-order valence-electron chi connectivity index (χ2n) is 6.98. The molecule has 1 heterocycles. The van der Waals surface area contributed by atoms with E-state index in [4.69, 9.17) is 21.1 Å². The van der Waals surface area contributed by atoms with Gasteiger partial charge in [0, 0.05) is 10.6 Å². The fourth-order valence-electron chi connectivity index (χ4n) is 3.05. The number of aryl methyl sites for hydroxylation is 1. The Morgan fingerprint density at radius 3 is 2.65 bits per heavy atom. The second kappa shape index (κ2) is 8.65. The zero-order chi connectivity index (χ0) is 22.0. The van der Waals surface area contributed by atoms with Crippen molar-refractivity contribution in [2.24, 2.45) is 0 Å². The number of H-pyrrole nitrogens is 1. The number of carboxylic acids is 1. The predicted octanol–water partition coefficient (Wildman–Crippen LogP) is 5.52. The Bertz CT molecular complexity index is 1270. The van der Waals surface area contributed by atoms with Crippen molar-refractivity contribution in [2.75, 3.05) is 0 Å². The van der Waals surface area contributed by atoms with Gasteiger partial charge in [-0.3, -0.25) is 0 Å². The van der Waals surface area contributed by atoms with Gasteiger partial charge in [-0.15, -0.1) is 0 Å². The van der Waals surface area contributed by atoms with Crippen LogP contribution in [0.1, 0.15) is 27.3 Å². The lowest BCUT2D eigenvalue weighted by Crippen LogP contribution is -2.05. The average Bonchev–Trinajstić information content (AvgIpc) is 3.13. The first-order valence-corrected chi connectivity index (χ1v) is 9.79. The Hall–Kier alpha value is -3.58. The lowest BCUT2D eigenvalue weighted by molar-refractivity contribution is 0.0696. The molecule has 0 amide bonds. The molecule has 8 heteroatoms. The quantitative estimate of drug-likeness (QED) is 0.395. The molecule has 4 rings (SSSR count). The number of nitrogens with one attached hydrogen (secondary N) is 1. The third-order valence-electron chi connectivity index (χ3n) is 4.64. The summed E-state index contributed by atoms with van der Waals surface area (Å²) in [4.78, 5) is 18.9. The molecule has 31 heavy (non-hydrogen) atoms. The molecule has 2 N–H and O–H groups in total. The number of aromatic amines is 1. The molecule has 0 radical (unpaired) electrons. The lowest BCUT2D eigenvalue weighted by Gasteiger charge is -2.13. The van der Waals surface area contributed by atoms with E-state index in [9.17, 15) is 14.3 Å². The first kappa shape index (κ1) is 20.7. The highest BCUT2D eigenvalue weighted by Gasteiger charge is 2.13. The molecule has 0 aliphatic heterocycles. The van der Waals surface area contributed by atoms with Crippen molar-refractivity contribution in [1.82, 2.24) is 9.97 Å². The highest BCUT2D eigenvalue weighted by Crippen LogP contribution is 2.30. The number of halogens is 2. The number of nitrogens with zero attached hydrogens (tertiary/aromatic N) is 1. The van der Waals surface area contributed by atoms with Crippen LogP contribution in [0.5, 0.6) is 11.5 Å². The average molecular weight is 441 g/mol. The first-order valence-electron chi connectivity index (χ1n) is 9.41. The normalized spacial score (nSPS) is 10.9. The maximum atomic E-state index is 14.1. The van der Waals surface area contributed by atoms with Gasteiger partial charge in [0.1, 0.15) is 24.9 Å². The van der Waals surface area contributed by atoms with Crippen molar-refractivity contribution in [3.8, 4) is 11.5 Å². The zero-order valence-corrected chi connectivity index (χ0v) is 17.2. The molecular formula is C23H18ClFN2O4. The van der Waals surface area contributed by atoms with Crippen molar-refractivity contribution in [1.29, 1.82) is 0 Å². The molecule has 158 valence electrons. The van der Waals surface area contributed by atoms with E-state index in [1.165, 1.54) is 24.3 Å². The Balaban J connectivity index is 1.54. The van der Waals surface area contributed by atoms with Crippen molar-refractivity contribution < 1.29 is 23.8 Å². The lowest BCUT2D eigenvalue weighted by atomic mass is 10.1. The van der Waals surface area contributed by atoms with E-state index in [2.05, 4.69) is 9.97 Å². The first-order chi connectivity index (χ1) is 14.9. The van der Waals surface area contributed by atoms with E-state index in [1.807, 2.05) is 0 Å². The van der Waals surface area contributed by atoms with Gasteiger partial charge in [0.25, 0.3) is 0 Å². The number of carboxylic acid groups (broad SMARTS) is 1. The van der Waals surface area contributed by atoms with Crippen LogP contribution < -0.4 is 9.47 Å². The number of carbonyl (C=O) groups is 1. The third-order valence-corrected chi connectivity index (χ3v) is 4.87. The Labute approximate surface area is 182 Å². The van der Waals surface area contributed by atoms with Crippen molar-refractivity contribution >= 4 is 28.6 Å². The number of aromatic nitrogens is 2. The van der Waals surface area contributed by atoms with Gasteiger partial charge in [-0.25, -0.2) is 14.2 Å². The number of aromatic carboxylic acids is 1. The topological polar surface area (TPSA) is 84.4 Å². The summed E-state index contributed by atoms with van der Waals surface area (Å²) >= 11 is 6.00. The van der Waals surface area contributed by atoms with Gasteiger partial charge in [0.05, 0.1) is 16.6 Å². The summed E-state index contributed by atoms with van der Waals surface area (Å²) < 4.78 is 25.7. The molecule has 0 saturated carbocycles. The third kappa shape index (κ3) is 4.78. The fourth-order valence-corrected chi connectivity index (χ4v) is 3.22. The van der Waals surface area contributed by atoms with Crippen LogP contribution in [0.25, 0.3) is 11.0 Å². The number of rotatable bonds is 7. The van der Waals surface area contributed by atoms with Crippen molar-refractivity contribution in [2.45, 2.75) is 20.1 Å². The number of hydrogen-bond acceptors (Lipinski definition) is 4. The van der Waals surface area contributed by atoms with Gasteiger partial charge in [0.15, 0.2) is 11.5 Å². The van der Waals surface area contributed by atoms with Gasteiger partial charge in [-0.1, -0.05) is 23.7 Å². The maximum Gasteiger partial charge on any atom is 0.335 e. The summed E-state index contributed by atoms with van der Waals surface area (Å²) in [7, 11) is 0. The highest BCUT2D eigenvalue weighted by atomic mass is 35.5. The number of benzene rings is 3. The summed E-state index contributed by atoms with van der Waals surface area (Å²) in [6.07, 6.45) is 0. The summed E-state index contributed by atoms with van der Waals surface area (Å²) in [6, 6.07) is 14.4. The largest absolute Gasteiger partial charge is 0.485 e. The van der Waals surface area contributed by atoms with Crippen LogP contribution in [0.3, 0.4) is 0 Å². The van der Waals surface area contributed by atoms with E-state index in [-0.39, 0.29) is 24.5 Å². The minimum Gasteiger partial charge on any atom is -0.485 e. The van der Waals surface area contributed by atoms with Gasteiger partial charge >= 0.3 is 5.97 Å². The Morgan fingerprint density at radius 1 is 1.06 bits per heavy atom. The van der Waals surface area contributed by atoms with Gasteiger partial charge in [0.2, 0.25) is 0 Å². The maximum absolute atomic E-state index is 14.1. The van der Waals surface area contributed by atoms with Crippen molar-refractivity contribution in [3.63, 3.8) is 0 Å². The summed E-state index contributed by atoms with van der Waals surface area (Å²) in [5.74, 6) is -0.421. The molecule has 0 bridgehead atoms. The van der Waals surface area contributed by atoms with Gasteiger partial charge in [-0.2, -0.15) is 0 Å². The van der Waals surface area contributed by atoms with E-state index in [0.717, 1.165) is 16.6 Å². The molecule has 0 atom stereocenters. The van der Waals surface area contributed by atoms with E-state index in [1.54, 1.807) is 37.3 Å². The SMILES string of the molecule is Cc1ccc(COc2cc(C(=O)O)ccc2OCc2nc3ccc(Cl)cc3[nH]2)c(F)c1. The van der Waals surface area contributed by atoms with Crippen LogP contribution >= 0.6 is 11.6 Å². The summed E-state index contributed by atoms with van der Waals surface area (Å²) in [5.41, 5.74) is 2.70. The smallest absolute Gasteiger partial charge is 0.335 e. The predicted molar refractivity (Wildman–Crippen MR) is 114 cm³/mol. The standard InChI is InChI=1S/C23H18ClFN2O4/c1-13-2-3-15(17(25)8-13)11-30-21-9-14(23(28)29)4-7-20(21)31-12-22-26-18-6-5-16(24)10-19(18)27-22/h2-10H,11-12H2,1H3,(H,26,27)(H,28,29). The van der Waals surface area contributed by atoms with Gasteiger partial charge in [-0.05, 0) is 55.0 Å². The number of imidazole rings is 1. The van der Waals surface area contributed by atoms with Crippen LogP contribution in [-0.4, -0.2) is 21.0 Å². The monoisotopic (exact) mass is 440 g/mol. The molecule has 0 spiro atoms. The summed E-state index contributed by atoms with van der Waals surface area (Å²) in [5, 5.41) is 9.88. The van der Waals surface area contributed by atoms with Crippen LogP contribution in [0.15, 0.2) is 54.6 Å². The van der Waals surface area contributed by atoms with Crippen LogP contribution in [0.2, 0.25) is 5.02 Å². The fraction of sp³-hybridized carbons (Fsp3) is 0.130. The molecule has 0 fully saturated rings. The number of hydrogen-bond donors (Lipinski definition) is 2. The van der Waals surface area contributed by atoms with Gasteiger partial charge < -0.3 is 19.6 Å². The molecule has 0 aliphatic carbocycles. The second-order valence-corrected chi connectivity index (χ2v) is 7.42. The number of fused-ring (bicyclic) bond motifs is 1. The molecular weight excluding hydrogens is 423 g/mol. The molecule has 0 unspecified atom stereocenters. The Morgan fingerprint density at radius 2 is 1.87 bits per heavy atom. The molecule has 6 nitrogen and oxygen atoms in total. The van der Waals surface area contributed by atoms with Crippen LogP contribution in [0.4, 0.5) is 4.39 Å². The van der Waals surface area contributed by atoms with E-state index < -0.39 is 11.8 Å². The zero-order valence-electron chi connectivity index (χ0n) is 16.5. The van der Waals surface area contributed by atoms with Crippen LogP contribution in [0, 0.1) is 12.7 Å². The summed E-state index contributed by atoms with van der Waals surface area (Å²) in [6.45, 7) is 1.81. The van der Waals surface area contributed by atoms with E-state index in [0.29, 0.717) is 22.2 Å². The molecule has 3 aromatic carbocycles.